The summed E-state index contributed by atoms with van der Waals surface area (Å²) in [6.45, 7) is 1.15. The molecule has 0 saturated carbocycles. The summed E-state index contributed by atoms with van der Waals surface area (Å²) in [5, 5.41) is 14.7. The van der Waals surface area contributed by atoms with Crippen LogP contribution in [0, 0.1) is 5.41 Å². The number of nitrogen functional groups attached to an aromatic ring is 1. The number of aliphatic carboxylic acids is 1. The number of halogens is 3. The molecule has 14 heteroatoms. The number of alkyl halides is 3. The summed E-state index contributed by atoms with van der Waals surface area (Å²) in [4.78, 5) is 9.76. The van der Waals surface area contributed by atoms with Crippen LogP contribution in [-0.4, -0.2) is 58.1 Å². The average Bonchev–Trinajstić information content (AvgIpc) is 3.25. The van der Waals surface area contributed by atoms with Gasteiger partial charge in [-0.2, -0.15) is 13.2 Å². The number of amidine groups is 1. The van der Waals surface area contributed by atoms with Gasteiger partial charge in [0.1, 0.15) is 5.84 Å². The lowest BCUT2D eigenvalue weighted by Gasteiger charge is -2.36. The maximum atomic E-state index is 13.3. The van der Waals surface area contributed by atoms with Crippen molar-refractivity contribution in [1.29, 1.82) is 5.41 Å². The van der Waals surface area contributed by atoms with Gasteiger partial charge in [-0.15, -0.1) is 23.1 Å². The van der Waals surface area contributed by atoms with Crippen molar-refractivity contribution in [2.75, 3.05) is 26.6 Å². The number of rotatable bonds is 6. The number of carboxylic acid groups (broad SMARTS) is 1. The van der Waals surface area contributed by atoms with E-state index in [1.807, 2.05) is 12.3 Å². The van der Waals surface area contributed by atoms with Crippen molar-refractivity contribution in [2.45, 2.75) is 38.6 Å². The van der Waals surface area contributed by atoms with Crippen LogP contribution in [0.3, 0.4) is 0 Å². The molecule has 2 heterocycles. The average molecular weight is 541 g/mol. The first-order valence-electron chi connectivity index (χ1n) is 9.59. The third kappa shape index (κ3) is 6.30. The van der Waals surface area contributed by atoms with Crippen LogP contribution in [-0.2, 0) is 29.7 Å². The van der Waals surface area contributed by atoms with Gasteiger partial charge in [0, 0.05) is 33.2 Å². The van der Waals surface area contributed by atoms with Crippen LogP contribution in [0.1, 0.15) is 23.3 Å². The van der Waals surface area contributed by atoms with E-state index in [2.05, 4.69) is 0 Å². The number of benzene rings is 1. The molecule has 0 atom stereocenters. The first-order valence-corrected chi connectivity index (χ1v) is 13.1. The maximum absolute atomic E-state index is 13.3. The standard InChI is InChI=1S/C18H22N2O4S3.C2HF3O2/c1-23-18(6-8-24-9-7-18)12-4-3-5-13(10-12)27(21,22)15-11-14(16(19)20)26-17(15)25-2;3-2(4,5)1(6)7/h3-5,10-11H,6-9H2,1-2H3,(H3,19,20);(H,6,7). The van der Waals surface area contributed by atoms with Crippen LogP contribution >= 0.6 is 23.1 Å². The van der Waals surface area contributed by atoms with E-state index in [0.29, 0.717) is 35.1 Å². The van der Waals surface area contributed by atoms with Gasteiger partial charge in [-0.25, -0.2) is 13.2 Å². The van der Waals surface area contributed by atoms with Crippen molar-refractivity contribution in [3.8, 4) is 0 Å². The Hall–Kier alpha value is -2.13. The summed E-state index contributed by atoms with van der Waals surface area (Å²) >= 11 is 2.56. The Morgan fingerprint density at radius 2 is 1.88 bits per heavy atom. The Kier molecular flexibility index (Phi) is 9.16. The van der Waals surface area contributed by atoms with E-state index in [9.17, 15) is 21.6 Å². The Balaban J connectivity index is 0.000000509. The lowest BCUT2D eigenvalue weighted by Crippen LogP contribution is -2.35. The minimum atomic E-state index is -5.08. The number of sulfone groups is 1. The van der Waals surface area contributed by atoms with E-state index in [-0.39, 0.29) is 15.6 Å². The predicted molar refractivity (Wildman–Crippen MR) is 121 cm³/mol. The summed E-state index contributed by atoms with van der Waals surface area (Å²) in [6, 6.07) is 8.42. The highest BCUT2D eigenvalue weighted by Gasteiger charge is 2.38. The zero-order valence-corrected chi connectivity index (χ0v) is 20.6. The molecule has 1 saturated heterocycles. The van der Waals surface area contributed by atoms with Crippen molar-refractivity contribution in [2.24, 2.45) is 5.73 Å². The molecule has 1 fully saturated rings. The molecular weight excluding hydrogens is 517 g/mol. The van der Waals surface area contributed by atoms with E-state index in [0.717, 1.165) is 5.56 Å². The number of carboxylic acids is 1. The van der Waals surface area contributed by atoms with Gasteiger partial charge >= 0.3 is 12.1 Å². The van der Waals surface area contributed by atoms with Crippen LogP contribution in [0.2, 0.25) is 0 Å². The maximum Gasteiger partial charge on any atom is 0.490 e. The predicted octanol–water partition coefficient (Wildman–Crippen LogP) is 3.87. The second-order valence-electron chi connectivity index (χ2n) is 7.03. The molecule has 0 spiro atoms. The number of methoxy groups -OCH3 is 1. The minimum Gasteiger partial charge on any atom is -0.475 e. The summed E-state index contributed by atoms with van der Waals surface area (Å²) < 4.78 is 70.2. The van der Waals surface area contributed by atoms with Gasteiger partial charge in [0.15, 0.2) is 0 Å². The van der Waals surface area contributed by atoms with Gasteiger partial charge in [0.2, 0.25) is 9.84 Å². The summed E-state index contributed by atoms with van der Waals surface area (Å²) in [5.74, 6) is -2.89. The molecule has 1 aliphatic rings. The first kappa shape index (κ1) is 28.1. The SMILES string of the molecule is COC1(c2cccc(S(=O)(=O)c3cc(C(=N)N)sc3SC)c2)CCOCC1.O=C(O)C(F)(F)F. The Morgan fingerprint density at radius 1 is 1.29 bits per heavy atom. The number of thioether (sulfide) groups is 1. The molecule has 0 aliphatic carbocycles. The number of thiophene rings is 1. The van der Waals surface area contributed by atoms with Gasteiger partial charge in [-0.3, -0.25) is 5.41 Å². The van der Waals surface area contributed by atoms with Crippen molar-refractivity contribution >= 4 is 44.7 Å². The summed E-state index contributed by atoms with van der Waals surface area (Å²) in [6.07, 6.45) is -1.92. The molecule has 1 aromatic carbocycles. The van der Waals surface area contributed by atoms with E-state index >= 15 is 0 Å². The lowest BCUT2D eigenvalue weighted by atomic mass is 9.86. The van der Waals surface area contributed by atoms with Crippen LogP contribution in [0.5, 0.6) is 0 Å². The molecule has 1 aliphatic heterocycles. The smallest absolute Gasteiger partial charge is 0.475 e. The third-order valence-electron chi connectivity index (χ3n) is 5.01. The van der Waals surface area contributed by atoms with Crippen LogP contribution in [0.15, 0.2) is 44.3 Å². The topological polar surface area (TPSA) is 140 Å². The second kappa shape index (κ2) is 11.1. The van der Waals surface area contributed by atoms with Crippen LogP contribution < -0.4 is 5.73 Å². The number of ether oxygens (including phenoxy) is 2. The molecule has 2 aromatic rings. The van der Waals surface area contributed by atoms with E-state index in [4.69, 9.17) is 30.5 Å². The zero-order chi connectivity index (χ0) is 25.7. The quantitative estimate of drug-likeness (QED) is 0.285. The molecule has 0 unspecified atom stereocenters. The van der Waals surface area contributed by atoms with Crippen molar-refractivity contribution in [3.05, 3.63) is 40.8 Å². The van der Waals surface area contributed by atoms with Crippen LogP contribution in [0.25, 0.3) is 0 Å². The molecule has 1 aromatic heterocycles. The lowest BCUT2D eigenvalue weighted by molar-refractivity contribution is -0.192. The highest BCUT2D eigenvalue weighted by atomic mass is 32.2. The summed E-state index contributed by atoms with van der Waals surface area (Å²) in [7, 11) is -2.09. The van der Waals surface area contributed by atoms with Crippen LogP contribution in [0.4, 0.5) is 13.2 Å². The Labute approximate surface area is 202 Å². The molecule has 34 heavy (non-hydrogen) atoms. The second-order valence-corrected chi connectivity index (χ2v) is 11.1. The number of hydrogen-bond donors (Lipinski definition) is 3. The number of nitrogens with one attached hydrogen (secondary N) is 1. The third-order valence-corrected chi connectivity index (χ3v) is 9.35. The van der Waals surface area contributed by atoms with E-state index < -0.39 is 27.6 Å². The van der Waals surface area contributed by atoms with Crippen molar-refractivity contribution in [1.82, 2.24) is 0 Å². The molecule has 8 nitrogen and oxygen atoms in total. The molecular formula is C20H23F3N2O6S3. The molecule has 188 valence electrons. The monoisotopic (exact) mass is 540 g/mol. The van der Waals surface area contributed by atoms with E-state index in [1.54, 1.807) is 25.3 Å². The largest absolute Gasteiger partial charge is 0.490 e. The Bertz CT molecular complexity index is 1140. The number of carbonyl (C=O) groups is 1. The fraction of sp³-hybridized carbons (Fsp3) is 0.400. The van der Waals surface area contributed by atoms with Gasteiger partial charge in [0.25, 0.3) is 0 Å². The van der Waals surface area contributed by atoms with Gasteiger partial charge < -0.3 is 20.3 Å². The highest BCUT2D eigenvalue weighted by molar-refractivity contribution is 8.01. The molecule has 4 N–H and O–H groups in total. The molecule has 0 amide bonds. The van der Waals surface area contributed by atoms with Crippen molar-refractivity contribution < 1.29 is 41.0 Å². The van der Waals surface area contributed by atoms with Gasteiger partial charge in [0.05, 0.1) is 24.5 Å². The fourth-order valence-corrected chi connectivity index (χ4v) is 7.11. The van der Waals surface area contributed by atoms with Gasteiger partial charge in [-0.05, 0) is 30.0 Å². The molecule has 3 rings (SSSR count). The summed E-state index contributed by atoms with van der Waals surface area (Å²) in [5.41, 5.74) is 5.85. The normalized spacial score (nSPS) is 15.8. The fourth-order valence-electron chi connectivity index (χ4n) is 3.21. The van der Waals surface area contributed by atoms with Crippen molar-refractivity contribution in [3.63, 3.8) is 0 Å². The number of nitrogens with two attached hydrogens (primary N) is 1. The zero-order valence-electron chi connectivity index (χ0n) is 18.1. The minimum absolute atomic E-state index is 0.133. The molecule has 0 radical (unpaired) electrons. The number of hydrogen-bond acceptors (Lipinski definition) is 8. The Morgan fingerprint density at radius 3 is 2.35 bits per heavy atom. The van der Waals surface area contributed by atoms with Gasteiger partial charge in [-0.1, -0.05) is 12.1 Å². The molecule has 0 bridgehead atoms. The highest BCUT2D eigenvalue weighted by Crippen LogP contribution is 2.39. The first-order chi connectivity index (χ1) is 15.8. The van der Waals surface area contributed by atoms with E-state index in [1.165, 1.54) is 29.2 Å².